The van der Waals surface area contributed by atoms with Crippen molar-refractivity contribution in [2.24, 2.45) is 0 Å². The van der Waals surface area contributed by atoms with Crippen LogP contribution >= 0.6 is 0 Å². The van der Waals surface area contributed by atoms with Gasteiger partial charge in [0.05, 0.1) is 0 Å². The first-order valence-electron chi connectivity index (χ1n) is 5.84. The largest absolute Gasteiger partial charge is 0.312 e. The average Bonchev–Trinajstić information content (AvgIpc) is 2.20. The number of rotatable bonds is 4. The molecule has 1 aromatic carbocycles. The summed E-state index contributed by atoms with van der Waals surface area (Å²) in [6, 6.07) is 4.50. The number of hydrogen-bond acceptors (Lipinski definition) is 2. The zero-order valence-electron chi connectivity index (χ0n) is 10.9. The van der Waals surface area contributed by atoms with Gasteiger partial charge >= 0.3 is 0 Å². The van der Waals surface area contributed by atoms with Crippen molar-refractivity contribution in [3.05, 3.63) is 35.1 Å². The molecule has 0 heterocycles. The highest BCUT2D eigenvalue weighted by Gasteiger charge is 2.11. The summed E-state index contributed by atoms with van der Waals surface area (Å²) in [5.41, 5.74) is 1.11. The van der Waals surface area contributed by atoms with Gasteiger partial charge in [-0.3, -0.25) is 4.79 Å². The third-order valence-electron chi connectivity index (χ3n) is 2.49. The van der Waals surface area contributed by atoms with E-state index in [0.29, 0.717) is 24.1 Å². The first kappa shape index (κ1) is 13.8. The van der Waals surface area contributed by atoms with Crippen molar-refractivity contribution in [3.8, 4) is 0 Å². The lowest BCUT2D eigenvalue weighted by molar-refractivity contribution is 0.0980. The fourth-order valence-corrected chi connectivity index (χ4v) is 1.51. The maximum atomic E-state index is 13.0. The molecule has 0 saturated heterocycles. The fraction of sp³-hybridized carbons (Fsp3) is 0.500. The van der Waals surface area contributed by atoms with Crippen LogP contribution < -0.4 is 5.32 Å². The Labute approximate surface area is 102 Å². The molecule has 0 aliphatic rings. The van der Waals surface area contributed by atoms with E-state index in [1.807, 2.05) is 0 Å². The third kappa shape index (κ3) is 4.65. The first-order chi connectivity index (χ1) is 7.79. The summed E-state index contributed by atoms with van der Waals surface area (Å²) in [5, 5.41) is 3.25. The molecule has 94 valence electrons. The highest BCUT2D eigenvalue weighted by atomic mass is 19.1. The van der Waals surface area contributed by atoms with E-state index < -0.39 is 0 Å². The number of nitrogens with one attached hydrogen (secondary N) is 1. The van der Waals surface area contributed by atoms with Crippen LogP contribution in [-0.2, 0) is 0 Å². The molecular formula is C14H20FNO. The molecule has 0 saturated carbocycles. The van der Waals surface area contributed by atoms with Crippen molar-refractivity contribution in [1.82, 2.24) is 5.32 Å². The van der Waals surface area contributed by atoms with Crippen molar-refractivity contribution in [2.75, 3.05) is 6.54 Å². The molecule has 0 atom stereocenters. The minimum atomic E-state index is -0.269. The van der Waals surface area contributed by atoms with Gasteiger partial charge in [0, 0.05) is 24.1 Å². The molecule has 0 spiro atoms. The summed E-state index contributed by atoms with van der Waals surface area (Å²) in [6.45, 7) is 8.47. The van der Waals surface area contributed by atoms with Crippen molar-refractivity contribution >= 4 is 5.78 Å². The minimum absolute atomic E-state index is 0.0129. The van der Waals surface area contributed by atoms with Crippen LogP contribution in [0.2, 0.25) is 0 Å². The highest BCUT2D eigenvalue weighted by Crippen LogP contribution is 2.11. The van der Waals surface area contributed by atoms with Crippen LogP contribution in [0.5, 0.6) is 0 Å². The lowest BCUT2D eigenvalue weighted by Gasteiger charge is -2.20. The monoisotopic (exact) mass is 237 g/mol. The first-order valence-corrected chi connectivity index (χ1v) is 5.84. The molecule has 0 aromatic heterocycles. The second-order valence-electron chi connectivity index (χ2n) is 5.31. The summed E-state index contributed by atoms with van der Waals surface area (Å²) in [5.74, 6) is -0.223. The Kier molecular flexibility index (Phi) is 4.40. The number of benzene rings is 1. The summed E-state index contributed by atoms with van der Waals surface area (Å²) in [7, 11) is 0. The predicted octanol–water partition coefficient (Wildman–Crippen LogP) is 3.10. The Balaban J connectivity index is 2.56. The quantitative estimate of drug-likeness (QED) is 0.815. The lowest BCUT2D eigenvalue weighted by Crippen LogP contribution is -2.37. The molecule has 0 amide bonds. The van der Waals surface area contributed by atoms with E-state index in [4.69, 9.17) is 0 Å². The van der Waals surface area contributed by atoms with Gasteiger partial charge in [-0.2, -0.15) is 0 Å². The van der Waals surface area contributed by atoms with Crippen LogP contribution in [0.15, 0.2) is 18.2 Å². The Bertz CT molecular complexity index is 407. The van der Waals surface area contributed by atoms with E-state index in [9.17, 15) is 9.18 Å². The number of carbonyl (C=O) groups excluding carboxylic acids is 1. The predicted molar refractivity (Wildman–Crippen MR) is 67.8 cm³/mol. The molecule has 0 aliphatic carbocycles. The van der Waals surface area contributed by atoms with Gasteiger partial charge in [0.25, 0.3) is 0 Å². The number of ketones is 1. The van der Waals surface area contributed by atoms with Crippen LogP contribution in [0.3, 0.4) is 0 Å². The molecule has 1 aromatic rings. The number of hydrogen-bond donors (Lipinski definition) is 1. The lowest BCUT2D eigenvalue weighted by atomic mass is 10.0. The minimum Gasteiger partial charge on any atom is -0.312 e. The van der Waals surface area contributed by atoms with Gasteiger partial charge in [0.2, 0.25) is 0 Å². The maximum absolute atomic E-state index is 13.0. The van der Waals surface area contributed by atoms with Gasteiger partial charge in [-0.05, 0) is 51.5 Å². The van der Waals surface area contributed by atoms with E-state index in [1.165, 1.54) is 6.07 Å². The summed E-state index contributed by atoms with van der Waals surface area (Å²) < 4.78 is 13.0. The number of halogens is 1. The maximum Gasteiger partial charge on any atom is 0.164 e. The highest BCUT2D eigenvalue weighted by molar-refractivity contribution is 5.96. The SMILES string of the molecule is Cc1cc(C(=O)CCNC(C)(C)C)ccc1F. The van der Waals surface area contributed by atoms with E-state index in [2.05, 4.69) is 26.1 Å². The molecule has 2 nitrogen and oxygen atoms in total. The number of carbonyl (C=O) groups is 1. The van der Waals surface area contributed by atoms with E-state index in [1.54, 1.807) is 19.1 Å². The fourth-order valence-electron chi connectivity index (χ4n) is 1.51. The van der Waals surface area contributed by atoms with Gasteiger partial charge in [0.1, 0.15) is 5.82 Å². The standard InChI is InChI=1S/C14H20FNO/c1-10-9-11(5-6-12(10)15)13(17)7-8-16-14(2,3)4/h5-6,9,16H,7-8H2,1-4H3. The van der Waals surface area contributed by atoms with Crippen molar-refractivity contribution in [3.63, 3.8) is 0 Å². The molecule has 0 bridgehead atoms. The van der Waals surface area contributed by atoms with Gasteiger partial charge in [-0.1, -0.05) is 0 Å². The molecule has 1 rings (SSSR count). The number of aryl methyl sites for hydroxylation is 1. The Morgan fingerprint density at radius 1 is 1.35 bits per heavy atom. The molecule has 17 heavy (non-hydrogen) atoms. The second kappa shape index (κ2) is 5.41. The summed E-state index contributed by atoms with van der Waals surface area (Å²) >= 11 is 0. The smallest absolute Gasteiger partial charge is 0.164 e. The molecule has 0 fully saturated rings. The van der Waals surface area contributed by atoms with Crippen molar-refractivity contribution < 1.29 is 9.18 Å². The topological polar surface area (TPSA) is 29.1 Å². The van der Waals surface area contributed by atoms with Gasteiger partial charge < -0.3 is 5.32 Å². The number of Topliss-reactive ketones (excluding diaryl/α,β-unsaturated/α-hetero) is 1. The van der Waals surface area contributed by atoms with E-state index >= 15 is 0 Å². The Hall–Kier alpha value is -1.22. The van der Waals surface area contributed by atoms with Crippen molar-refractivity contribution in [2.45, 2.75) is 39.7 Å². The third-order valence-corrected chi connectivity index (χ3v) is 2.49. The van der Waals surface area contributed by atoms with E-state index in [-0.39, 0.29) is 17.1 Å². The normalized spacial score (nSPS) is 11.6. The summed E-state index contributed by atoms with van der Waals surface area (Å²) in [6.07, 6.45) is 0.433. The Morgan fingerprint density at radius 2 is 2.00 bits per heavy atom. The molecule has 3 heteroatoms. The average molecular weight is 237 g/mol. The molecule has 1 N–H and O–H groups in total. The van der Waals surface area contributed by atoms with Gasteiger partial charge in [-0.25, -0.2) is 4.39 Å². The van der Waals surface area contributed by atoms with E-state index in [0.717, 1.165) is 0 Å². The molecule has 0 radical (unpaired) electrons. The van der Waals surface area contributed by atoms with Crippen LogP contribution in [0.1, 0.15) is 43.1 Å². The van der Waals surface area contributed by atoms with Crippen LogP contribution in [0.25, 0.3) is 0 Å². The van der Waals surface area contributed by atoms with Crippen LogP contribution in [-0.4, -0.2) is 17.9 Å². The molecule has 0 unspecified atom stereocenters. The van der Waals surface area contributed by atoms with Crippen LogP contribution in [0.4, 0.5) is 4.39 Å². The van der Waals surface area contributed by atoms with Gasteiger partial charge in [0.15, 0.2) is 5.78 Å². The Morgan fingerprint density at radius 3 is 2.53 bits per heavy atom. The molecule has 0 aliphatic heterocycles. The van der Waals surface area contributed by atoms with Crippen LogP contribution in [0, 0.1) is 12.7 Å². The zero-order valence-corrected chi connectivity index (χ0v) is 10.9. The second-order valence-corrected chi connectivity index (χ2v) is 5.31. The van der Waals surface area contributed by atoms with Gasteiger partial charge in [-0.15, -0.1) is 0 Å². The molecular weight excluding hydrogens is 217 g/mol. The summed E-state index contributed by atoms with van der Waals surface area (Å²) in [4.78, 5) is 11.8. The zero-order chi connectivity index (χ0) is 13.1. The van der Waals surface area contributed by atoms with Crippen molar-refractivity contribution in [1.29, 1.82) is 0 Å².